The van der Waals surface area contributed by atoms with E-state index >= 15 is 0 Å². The quantitative estimate of drug-likeness (QED) is 0.289. The maximum atomic E-state index is 11.5. The Labute approximate surface area is 201 Å². The Kier molecular flexibility index (Phi) is 7.06. The number of nitrogens with one attached hydrogen (secondary N) is 1. The maximum Gasteiger partial charge on any atom is 0.335 e. The number of fused-ring (bicyclic) bond motifs is 1. The molecule has 6 nitrogen and oxygen atoms in total. The first-order valence-electron chi connectivity index (χ1n) is 10.5. The Morgan fingerprint density at radius 2 is 1.82 bits per heavy atom. The summed E-state index contributed by atoms with van der Waals surface area (Å²) >= 11 is 12.2. The van der Waals surface area contributed by atoms with E-state index in [2.05, 4.69) is 9.97 Å². The number of imidazole rings is 1. The minimum absolute atomic E-state index is 0.156. The fourth-order valence-electron chi connectivity index (χ4n) is 3.49. The smallest absolute Gasteiger partial charge is 0.335 e. The molecule has 0 bridgehead atoms. The van der Waals surface area contributed by atoms with Crippen molar-refractivity contribution in [3.8, 4) is 11.5 Å². The van der Waals surface area contributed by atoms with Crippen molar-refractivity contribution < 1.29 is 19.4 Å². The summed E-state index contributed by atoms with van der Waals surface area (Å²) in [6.07, 6.45) is 1.24. The molecule has 1 aromatic heterocycles. The minimum atomic E-state index is -1.02. The Balaban J connectivity index is 1.52. The molecule has 33 heavy (non-hydrogen) atoms. The number of hydrogen-bond donors (Lipinski definition) is 2. The standard InChI is InChI=1S/C25H22Cl2N2O4/c1-2-32-19-8-9-21-22(13-19)29-24(28-21)10-6-15-3-4-16(25(30)31)11-23(15)33-14-17-5-7-18(26)12-20(17)27/h3-5,7-9,11-13H,2,6,10,14H2,1H3,(H,28,29)(H,30,31). The number of aryl methyl sites for hydroxylation is 2. The molecule has 4 rings (SSSR count). The molecule has 0 spiro atoms. The fourth-order valence-corrected chi connectivity index (χ4v) is 3.96. The van der Waals surface area contributed by atoms with Gasteiger partial charge in [-0.2, -0.15) is 0 Å². The number of nitrogens with zero attached hydrogens (tertiary/aromatic N) is 1. The van der Waals surface area contributed by atoms with Gasteiger partial charge in [-0.1, -0.05) is 35.3 Å². The number of rotatable bonds is 9. The molecule has 0 aliphatic heterocycles. The van der Waals surface area contributed by atoms with E-state index in [4.69, 9.17) is 32.7 Å². The highest BCUT2D eigenvalue weighted by atomic mass is 35.5. The highest BCUT2D eigenvalue weighted by Crippen LogP contribution is 2.27. The largest absolute Gasteiger partial charge is 0.494 e. The average Bonchev–Trinajstić information content (AvgIpc) is 3.19. The number of carbonyl (C=O) groups is 1. The number of hydrogen-bond acceptors (Lipinski definition) is 4. The van der Waals surface area contributed by atoms with E-state index < -0.39 is 5.97 Å². The van der Waals surface area contributed by atoms with Crippen LogP contribution in [0.5, 0.6) is 11.5 Å². The van der Waals surface area contributed by atoms with Crippen LogP contribution in [0.1, 0.15) is 34.2 Å². The fraction of sp³-hybridized carbons (Fsp3) is 0.200. The van der Waals surface area contributed by atoms with E-state index in [1.54, 1.807) is 30.3 Å². The molecular weight excluding hydrogens is 463 g/mol. The number of aromatic amines is 1. The second-order valence-corrected chi connectivity index (χ2v) is 8.29. The van der Waals surface area contributed by atoms with Crippen molar-refractivity contribution in [2.75, 3.05) is 6.61 Å². The lowest BCUT2D eigenvalue weighted by atomic mass is 10.1. The Bertz CT molecular complexity index is 1300. The number of benzene rings is 3. The third-order valence-corrected chi connectivity index (χ3v) is 5.74. The van der Waals surface area contributed by atoms with Gasteiger partial charge in [-0.25, -0.2) is 9.78 Å². The summed E-state index contributed by atoms with van der Waals surface area (Å²) < 4.78 is 11.5. The SMILES string of the molecule is CCOc1ccc2nc(CCc3ccc(C(=O)O)cc3OCc3ccc(Cl)cc3Cl)[nH]c2c1. The first-order valence-corrected chi connectivity index (χ1v) is 11.2. The molecule has 170 valence electrons. The van der Waals surface area contributed by atoms with Gasteiger partial charge in [0.05, 0.1) is 23.2 Å². The van der Waals surface area contributed by atoms with Crippen LogP contribution in [0, 0.1) is 0 Å². The number of aromatic carboxylic acids is 1. The van der Waals surface area contributed by atoms with Gasteiger partial charge in [-0.3, -0.25) is 0 Å². The number of ether oxygens (including phenoxy) is 2. The van der Waals surface area contributed by atoms with E-state index in [9.17, 15) is 9.90 Å². The third kappa shape index (κ3) is 5.59. The zero-order chi connectivity index (χ0) is 23.4. The zero-order valence-electron chi connectivity index (χ0n) is 17.9. The number of carboxylic acid groups (broad SMARTS) is 1. The van der Waals surface area contributed by atoms with E-state index in [0.29, 0.717) is 35.2 Å². The molecule has 0 fully saturated rings. The molecule has 0 aliphatic rings. The van der Waals surface area contributed by atoms with Crippen LogP contribution in [0.2, 0.25) is 10.0 Å². The van der Waals surface area contributed by atoms with Gasteiger partial charge in [-0.05, 0) is 55.3 Å². The monoisotopic (exact) mass is 484 g/mol. The molecule has 0 unspecified atom stereocenters. The van der Waals surface area contributed by atoms with E-state index in [-0.39, 0.29) is 12.2 Å². The molecule has 4 aromatic rings. The van der Waals surface area contributed by atoms with Gasteiger partial charge in [0.15, 0.2) is 0 Å². The summed E-state index contributed by atoms with van der Waals surface area (Å²) in [5.74, 6) is 1.10. The molecule has 0 atom stereocenters. The molecule has 0 amide bonds. The van der Waals surface area contributed by atoms with Crippen LogP contribution in [0.25, 0.3) is 11.0 Å². The maximum absolute atomic E-state index is 11.5. The number of H-pyrrole nitrogens is 1. The Morgan fingerprint density at radius 1 is 1.00 bits per heavy atom. The van der Waals surface area contributed by atoms with Crippen LogP contribution in [-0.4, -0.2) is 27.7 Å². The second-order valence-electron chi connectivity index (χ2n) is 7.45. The zero-order valence-corrected chi connectivity index (χ0v) is 19.4. The number of aromatic nitrogens is 2. The van der Waals surface area contributed by atoms with Crippen LogP contribution in [0.4, 0.5) is 0 Å². The normalized spacial score (nSPS) is 11.0. The summed E-state index contributed by atoms with van der Waals surface area (Å²) in [6.45, 7) is 2.73. The van der Waals surface area contributed by atoms with Gasteiger partial charge >= 0.3 is 5.97 Å². The average molecular weight is 485 g/mol. The highest BCUT2D eigenvalue weighted by molar-refractivity contribution is 6.35. The topological polar surface area (TPSA) is 84.4 Å². The third-order valence-electron chi connectivity index (χ3n) is 5.16. The van der Waals surface area contributed by atoms with Crippen LogP contribution in [0.15, 0.2) is 54.6 Å². The van der Waals surface area contributed by atoms with E-state index in [1.165, 1.54) is 6.07 Å². The molecule has 2 N–H and O–H groups in total. The van der Waals surface area contributed by atoms with E-state index in [0.717, 1.165) is 33.7 Å². The minimum Gasteiger partial charge on any atom is -0.494 e. The van der Waals surface area contributed by atoms with Crippen molar-refractivity contribution in [3.05, 3.63) is 87.2 Å². The van der Waals surface area contributed by atoms with Crippen molar-refractivity contribution in [3.63, 3.8) is 0 Å². The van der Waals surface area contributed by atoms with Crippen LogP contribution < -0.4 is 9.47 Å². The van der Waals surface area contributed by atoms with Crippen molar-refractivity contribution in [2.24, 2.45) is 0 Å². The number of halogens is 2. The summed E-state index contributed by atoms with van der Waals surface area (Å²) in [5.41, 5.74) is 3.56. The Hall–Kier alpha value is -3.22. The second kappa shape index (κ2) is 10.1. The summed E-state index contributed by atoms with van der Waals surface area (Å²) in [7, 11) is 0. The predicted molar refractivity (Wildman–Crippen MR) is 129 cm³/mol. The lowest BCUT2D eigenvalue weighted by molar-refractivity contribution is 0.0696. The van der Waals surface area contributed by atoms with Crippen molar-refractivity contribution >= 4 is 40.2 Å². The van der Waals surface area contributed by atoms with Gasteiger partial charge in [0.25, 0.3) is 0 Å². The van der Waals surface area contributed by atoms with Crippen LogP contribution >= 0.6 is 23.2 Å². The molecule has 0 saturated carbocycles. The highest BCUT2D eigenvalue weighted by Gasteiger charge is 2.13. The molecule has 0 aliphatic carbocycles. The van der Waals surface area contributed by atoms with Gasteiger partial charge in [0.1, 0.15) is 23.9 Å². The summed E-state index contributed by atoms with van der Waals surface area (Å²) in [5, 5.41) is 10.4. The lowest BCUT2D eigenvalue weighted by Gasteiger charge is -2.13. The first-order chi connectivity index (χ1) is 15.9. The van der Waals surface area contributed by atoms with Crippen LogP contribution in [0.3, 0.4) is 0 Å². The molecule has 8 heteroatoms. The van der Waals surface area contributed by atoms with Gasteiger partial charge < -0.3 is 19.6 Å². The Morgan fingerprint density at radius 3 is 2.58 bits per heavy atom. The van der Waals surface area contributed by atoms with E-state index in [1.807, 2.05) is 25.1 Å². The predicted octanol–water partition coefficient (Wildman–Crippen LogP) is 6.33. The van der Waals surface area contributed by atoms with Crippen molar-refractivity contribution in [2.45, 2.75) is 26.4 Å². The van der Waals surface area contributed by atoms with Gasteiger partial charge in [-0.15, -0.1) is 0 Å². The van der Waals surface area contributed by atoms with Gasteiger partial charge in [0.2, 0.25) is 0 Å². The molecule has 3 aromatic carbocycles. The van der Waals surface area contributed by atoms with Crippen molar-refractivity contribution in [1.82, 2.24) is 9.97 Å². The molecule has 0 saturated heterocycles. The number of carboxylic acids is 1. The molecule has 0 radical (unpaired) electrons. The molecular formula is C25H22Cl2N2O4. The molecule has 1 heterocycles. The lowest BCUT2D eigenvalue weighted by Crippen LogP contribution is -2.04. The van der Waals surface area contributed by atoms with Crippen molar-refractivity contribution in [1.29, 1.82) is 0 Å². The summed E-state index contributed by atoms with van der Waals surface area (Å²) in [6, 6.07) is 15.8. The first kappa shape index (κ1) is 23.0. The van der Waals surface area contributed by atoms with Crippen LogP contribution in [-0.2, 0) is 19.4 Å². The summed E-state index contributed by atoms with van der Waals surface area (Å²) in [4.78, 5) is 19.4. The van der Waals surface area contributed by atoms with Gasteiger partial charge in [0, 0.05) is 28.1 Å².